The number of nitrogens with one attached hydrogen (secondary N) is 1. The number of aromatic nitrogens is 2. The topological polar surface area (TPSA) is 63.5 Å². The Morgan fingerprint density at radius 1 is 1.00 bits per heavy atom. The predicted molar refractivity (Wildman–Crippen MR) is 90.6 cm³/mol. The highest BCUT2D eigenvalue weighted by atomic mass is 19.4. The summed E-state index contributed by atoms with van der Waals surface area (Å²) < 4.78 is 78.6. The molecule has 3 rings (SSSR count). The molecule has 0 unspecified atom stereocenters. The molecule has 11 heteroatoms. The maximum Gasteiger partial charge on any atom is 0.416 e. The number of alkyl halides is 6. The average Bonchev–Trinajstić information content (AvgIpc) is 2.60. The Morgan fingerprint density at radius 3 is 2.14 bits per heavy atom. The number of aryl methyl sites for hydroxylation is 1. The SMILES string of the molecule is Cc1ccn2c(=O)c(C(=O)Nc3cc(C(F)(F)F)cc(C(F)(F)F)c3)cnc2c1. The van der Waals surface area contributed by atoms with Gasteiger partial charge in [0, 0.05) is 18.1 Å². The molecule has 0 aliphatic heterocycles. The molecule has 5 nitrogen and oxygen atoms in total. The van der Waals surface area contributed by atoms with Crippen molar-refractivity contribution in [3.8, 4) is 0 Å². The average molecular weight is 415 g/mol. The van der Waals surface area contributed by atoms with Crippen LogP contribution in [-0.2, 0) is 12.4 Å². The maximum atomic E-state index is 12.9. The number of halogens is 6. The van der Waals surface area contributed by atoms with Crippen LogP contribution in [0.3, 0.4) is 0 Å². The van der Waals surface area contributed by atoms with Gasteiger partial charge in [-0.1, -0.05) is 0 Å². The van der Waals surface area contributed by atoms with Gasteiger partial charge in [0.05, 0.1) is 11.1 Å². The van der Waals surface area contributed by atoms with Gasteiger partial charge in [0.25, 0.3) is 11.5 Å². The van der Waals surface area contributed by atoms with E-state index in [-0.39, 0.29) is 11.7 Å². The summed E-state index contributed by atoms with van der Waals surface area (Å²) in [5.41, 5.74) is -4.29. The van der Waals surface area contributed by atoms with E-state index in [1.54, 1.807) is 19.1 Å². The number of pyridine rings is 1. The molecule has 1 amide bonds. The second-order valence-electron chi connectivity index (χ2n) is 6.16. The normalized spacial score (nSPS) is 12.2. The fourth-order valence-corrected chi connectivity index (χ4v) is 2.56. The summed E-state index contributed by atoms with van der Waals surface area (Å²) in [5, 5.41) is 1.91. The summed E-state index contributed by atoms with van der Waals surface area (Å²) >= 11 is 0. The van der Waals surface area contributed by atoms with Gasteiger partial charge in [-0.25, -0.2) is 4.98 Å². The van der Waals surface area contributed by atoms with E-state index in [1.165, 1.54) is 6.20 Å². The van der Waals surface area contributed by atoms with E-state index in [0.29, 0.717) is 12.1 Å². The van der Waals surface area contributed by atoms with E-state index < -0.39 is 46.2 Å². The van der Waals surface area contributed by atoms with Gasteiger partial charge in [-0.05, 0) is 42.8 Å². The van der Waals surface area contributed by atoms with Crippen molar-refractivity contribution in [2.24, 2.45) is 0 Å². The van der Waals surface area contributed by atoms with Crippen LogP contribution in [0.2, 0.25) is 0 Å². The number of carbonyl (C=O) groups excluding carboxylic acids is 1. The Balaban J connectivity index is 2.03. The maximum absolute atomic E-state index is 12.9. The molecule has 0 fully saturated rings. The monoisotopic (exact) mass is 415 g/mol. The molecular weight excluding hydrogens is 404 g/mol. The molecule has 0 radical (unpaired) electrons. The Hall–Kier alpha value is -3.37. The summed E-state index contributed by atoms with van der Waals surface area (Å²) in [5.74, 6) is -1.19. The lowest BCUT2D eigenvalue weighted by Crippen LogP contribution is -2.27. The van der Waals surface area contributed by atoms with Crippen LogP contribution < -0.4 is 10.9 Å². The van der Waals surface area contributed by atoms with Crippen LogP contribution in [0.1, 0.15) is 27.0 Å². The lowest BCUT2D eigenvalue weighted by atomic mass is 10.1. The molecule has 3 aromatic rings. The first-order valence-electron chi connectivity index (χ1n) is 7.95. The minimum absolute atomic E-state index is 0.0650. The Morgan fingerprint density at radius 2 is 1.59 bits per heavy atom. The largest absolute Gasteiger partial charge is 0.416 e. The van der Waals surface area contributed by atoms with E-state index in [4.69, 9.17) is 0 Å². The first kappa shape index (κ1) is 20.4. The number of amides is 1. The molecule has 2 heterocycles. The Kier molecular flexibility index (Phi) is 4.85. The van der Waals surface area contributed by atoms with Crippen LogP contribution in [0.15, 0.2) is 47.5 Å². The number of rotatable bonds is 2. The van der Waals surface area contributed by atoms with Gasteiger partial charge in [-0.15, -0.1) is 0 Å². The number of nitrogens with zero attached hydrogens (tertiary/aromatic N) is 2. The van der Waals surface area contributed by atoms with Crippen LogP contribution in [0, 0.1) is 6.92 Å². The molecule has 1 aromatic carbocycles. The van der Waals surface area contributed by atoms with Crippen molar-refractivity contribution in [1.82, 2.24) is 9.38 Å². The van der Waals surface area contributed by atoms with Crippen molar-refractivity contribution in [2.45, 2.75) is 19.3 Å². The molecule has 0 saturated carbocycles. The zero-order chi connectivity index (χ0) is 21.6. The van der Waals surface area contributed by atoms with E-state index in [0.717, 1.165) is 16.2 Å². The minimum Gasteiger partial charge on any atom is -0.322 e. The standard InChI is InChI=1S/C18H11F6N3O2/c1-9-2-3-27-14(4-9)25-8-13(16(27)29)15(28)26-12-6-10(17(19,20)21)5-11(7-12)18(22,23)24/h2-8H,1H3,(H,26,28). The second kappa shape index (κ2) is 6.90. The van der Waals surface area contributed by atoms with Gasteiger partial charge in [0.1, 0.15) is 11.2 Å². The molecule has 0 atom stereocenters. The van der Waals surface area contributed by atoms with E-state index in [2.05, 4.69) is 4.98 Å². The molecule has 0 bridgehead atoms. The summed E-state index contributed by atoms with van der Waals surface area (Å²) in [7, 11) is 0. The smallest absolute Gasteiger partial charge is 0.322 e. The number of hydrogen-bond acceptors (Lipinski definition) is 3. The lowest BCUT2D eigenvalue weighted by molar-refractivity contribution is -0.143. The molecule has 152 valence electrons. The molecule has 0 saturated heterocycles. The van der Waals surface area contributed by atoms with Crippen LogP contribution >= 0.6 is 0 Å². The molecule has 2 aromatic heterocycles. The third kappa shape index (κ3) is 4.23. The fourth-order valence-electron chi connectivity index (χ4n) is 2.56. The predicted octanol–water partition coefficient (Wildman–Crippen LogP) is 4.29. The molecule has 0 spiro atoms. The van der Waals surface area contributed by atoms with Crippen molar-refractivity contribution in [3.05, 3.63) is 75.3 Å². The van der Waals surface area contributed by atoms with E-state index in [1.807, 2.05) is 5.32 Å². The van der Waals surface area contributed by atoms with Gasteiger partial charge >= 0.3 is 12.4 Å². The number of fused-ring (bicyclic) bond motifs is 1. The van der Waals surface area contributed by atoms with Gasteiger partial charge in [0.15, 0.2) is 0 Å². The highest BCUT2D eigenvalue weighted by molar-refractivity contribution is 6.04. The van der Waals surface area contributed by atoms with Gasteiger partial charge < -0.3 is 5.32 Å². The third-order valence-electron chi connectivity index (χ3n) is 3.96. The highest BCUT2D eigenvalue weighted by Gasteiger charge is 2.37. The van der Waals surface area contributed by atoms with Crippen molar-refractivity contribution in [1.29, 1.82) is 0 Å². The molecule has 0 aliphatic carbocycles. The van der Waals surface area contributed by atoms with E-state index in [9.17, 15) is 35.9 Å². The molecule has 1 N–H and O–H groups in total. The summed E-state index contributed by atoms with van der Waals surface area (Å²) in [4.78, 5) is 28.7. The van der Waals surface area contributed by atoms with Crippen molar-refractivity contribution >= 4 is 17.2 Å². The van der Waals surface area contributed by atoms with Gasteiger partial charge in [-0.3, -0.25) is 14.0 Å². The highest BCUT2D eigenvalue weighted by Crippen LogP contribution is 2.37. The zero-order valence-electron chi connectivity index (χ0n) is 14.5. The van der Waals surface area contributed by atoms with E-state index >= 15 is 0 Å². The van der Waals surface area contributed by atoms with Gasteiger partial charge in [-0.2, -0.15) is 26.3 Å². The summed E-state index contributed by atoms with van der Waals surface area (Å²) in [6, 6.07) is 3.77. The number of anilines is 1. The van der Waals surface area contributed by atoms with Crippen molar-refractivity contribution < 1.29 is 31.1 Å². The molecule has 29 heavy (non-hydrogen) atoms. The Bertz CT molecular complexity index is 1130. The first-order chi connectivity index (χ1) is 13.4. The van der Waals surface area contributed by atoms with Crippen LogP contribution in [0.4, 0.5) is 32.0 Å². The number of hydrogen-bond donors (Lipinski definition) is 1. The molecular formula is C18H11F6N3O2. The number of benzene rings is 1. The first-order valence-corrected chi connectivity index (χ1v) is 7.95. The Labute approximate surface area is 158 Å². The third-order valence-corrected chi connectivity index (χ3v) is 3.96. The van der Waals surface area contributed by atoms with Crippen LogP contribution in [0.25, 0.3) is 5.65 Å². The summed E-state index contributed by atoms with van der Waals surface area (Å²) in [6.45, 7) is 1.75. The number of carbonyl (C=O) groups is 1. The van der Waals surface area contributed by atoms with Crippen molar-refractivity contribution in [2.75, 3.05) is 5.32 Å². The minimum atomic E-state index is -5.07. The van der Waals surface area contributed by atoms with Crippen molar-refractivity contribution in [3.63, 3.8) is 0 Å². The van der Waals surface area contributed by atoms with Crippen LogP contribution in [-0.4, -0.2) is 15.3 Å². The van der Waals surface area contributed by atoms with Gasteiger partial charge in [0.2, 0.25) is 0 Å². The summed E-state index contributed by atoms with van der Waals surface area (Å²) in [6.07, 6.45) is -7.88. The quantitative estimate of drug-likeness (QED) is 0.635. The lowest BCUT2D eigenvalue weighted by Gasteiger charge is -2.14. The zero-order valence-corrected chi connectivity index (χ0v) is 14.5. The molecule has 0 aliphatic rings. The van der Waals surface area contributed by atoms with Crippen LogP contribution in [0.5, 0.6) is 0 Å². The fraction of sp³-hybridized carbons (Fsp3) is 0.167. The second-order valence-corrected chi connectivity index (χ2v) is 6.16.